The van der Waals surface area contributed by atoms with Crippen LogP contribution in [0.3, 0.4) is 0 Å². The first kappa shape index (κ1) is 16.9. The summed E-state index contributed by atoms with van der Waals surface area (Å²) in [6, 6.07) is 5.79. The Morgan fingerprint density at radius 2 is 2.17 bits per heavy atom. The molecule has 3 rings (SSSR count). The van der Waals surface area contributed by atoms with Crippen LogP contribution in [0.1, 0.15) is 51.8 Å². The molecule has 1 aliphatic rings. The zero-order valence-electron chi connectivity index (χ0n) is 14.4. The van der Waals surface area contributed by atoms with Crippen LogP contribution in [0, 0.1) is 0 Å². The number of likely N-dealkylation sites (tertiary alicyclic amines) is 1. The van der Waals surface area contributed by atoms with Gasteiger partial charge in [0.2, 0.25) is 0 Å². The van der Waals surface area contributed by atoms with Crippen molar-refractivity contribution >= 4 is 17.4 Å². The van der Waals surface area contributed by atoms with E-state index < -0.39 is 5.60 Å². The molecule has 128 valence electrons. The van der Waals surface area contributed by atoms with Crippen molar-refractivity contribution < 1.29 is 9.53 Å². The van der Waals surface area contributed by atoms with Crippen molar-refractivity contribution in [2.45, 2.75) is 51.7 Å². The van der Waals surface area contributed by atoms with Gasteiger partial charge in [-0.3, -0.25) is 9.88 Å². The minimum Gasteiger partial charge on any atom is -0.444 e. The van der Waals surface area contributed by atoms with Gasteiger partial charge in [0.1, 0.15) is 10.6 Å². The maximum absolute atomic E-state index is 12.5. The summed E-state index contributed by atoms with van der Waals surface area (Å²) in [6.45, 7) is 6.40. The molecular weight excluding hydrogens is 322 g/mol. The lowest BCUT2D eigenvalue weighted by Gasteiger charge is -2.35. The lowest BCUT2D eigenvalue weighted by Crippen LogP contribution is -2.42. The molecule has 0 aromatic carbocycles. The van der Waals surface area contributed by atoms with Crippen molar-refractivity contribution in [2.75, 3.05) is 6.54 Å². The second-order valence-corrected chi connectivity index (χ2v) is 7.84. The number of rotatable bonds is 2. The zero-order valence-corrected chi connectivity index (χ0v) is 15.2. The number of carbonyl (C=O) groups excluding carboxylic acids is 1. The number of piperidine rings is 1. The number of hydrogen-bond donors (Lipinski definition) is 0. The van der Waals surface area contributed by atoms with Crippen LogP contribution in [0.5, 0.6) is 0 Å². The smallest absolute Gasteiger partial charge is 0.410 e. The molecular formula is C18H23N3O2S. The summed E-state index contributed by atoms with van der Waals surface area (Å²) in [4.78, 5) is 23.5. The molecule has 2 aromatic heterocycles. The fraction of sp³-hybridized carbons (Fsp3) is 0.500. The van der Waals surface area contributed by atoms with Crippen LogP contribution in [0.2, 0.25) is 0 Å². The van der Waals surface area contributed by atoms with E-state index in [1.54, 1.807) is 17.5 Å². The summed E-state index contributed by atoms with van der Waals surface area (Å²) >= 11 is 1.57. The summed E-state index contributed by atoms with van der Waals surface area (Å²) in [5.41, 5.74) is 1.32. The molecule has 1 fully saturated rings. The number of pyridine rings is 1. The average Bonchev–Trinajstić information content (AvgIpc) is 3.04. The largest absolute Gasteiger partial charge is 0.444 e. The van der Waals surface area contributed by atoms with Crippen molar-refractivity contribution in [2.24, 2.45) is 0 Å². The van der Waals surface area contributed by atoms with Gasteiger partial charge >= 0.3 is 6.09 Å². The van der Waals surface area contributed by atoms with Gasteiger partial charge in [-0.05, 0) is 52.2 Å². The number of hydrogen-bond acceptors (Lipinski definition) is 5. The highest BCUT2D eigenvalue weighted by molar-refractivity contribution is 7.13. The Labute approximate surface area is 146 Å². The van der Waals surface area contributed by atoms with E-state index in [2.05, 4.69) is 4.98 Å². The van der Waals surface area contributed by atoms with E-state index in [0.717, 1.165) is 42.2 Å². The fourth-order valence-corrected chi connectivity index (χ4v) is 3.67. The first-order valence-electron chi connectivity index (χ1n) is 8.30. The lowest BCUT2D eigenvalue weighted by molar-refractivity contribution is 0.00908. The van der Waals surface area contributed by atoms with Gasteiger partial charge in [-0.25, -0.2) is 9.78 Å². The molecule has 0 saturated carbocycles. The Morgan fingerprint density at radius 1 is 1.33 bits per heavy atom. The van der Waals surface area contributed by atoms with Crippen molar-refractivity contribution in [3.05, 3.63) is 35.5 Å². The molecule has 1 amide bonds. The maximum atomic E-state index is 12.5. The van der Waals surface area contributed by atoms with Crippen molar-refractivity contribution in [3.8, 4) is 10.7 Å². The number of ether oxygens (including phenoxy) is 1. The molecule has 0 N–H and O–H groups in total. The molecule has 5 nitrogen and oxygen atoms in total. The minimum atomic E-state index is -0.486. The molecule has 1 saturated heterocycles. The summed E-state index contributed by atoms with van der Waals surface area (Å²) in [5.74, 6) is 0. The summed E-state index contributed by atoms with van der Waals surface area (Å²) in [6.07, 6.45) is 4.54. The monoisotopic (exact) mass is 345 g/mol. The summed E-state index contributed by atoms with van der Waals surface area (Å²) < 4.78 is 5.57. The van der Waals surface area contributed by atoms with Crippen molar-refractivity contribution in [1.82, 2.24) is 14.9 Å². The Hall–Kier alpha value is -1.95. The fourth-order valence-electron chi connectivity index (χ4n) is 2.82. The van der Waals surface area contributed by atoms with Gasteiger partial charge in [0, 0.05) is 18.1 Å². The molecule has 1 atom stereocenters. The Balaban J connectivity index is 1.81. The predicted molar refractivity (Wildman–Crippen MR) is 94.9 cm³/mol. The Kier molecular flexibility index (Phi) is 4.85. The van der Waals surface area contributed by atoms with Crippen molar-refractivity contribution in [1.29, 1.82) is 0 Å². The van der Waals surface area contributed by atoms with E-state index in [0.29, 0.717) is 0 Å². The maximum Gasteiger partial charge on any atom is 0.410 e. The Bertz CT molecular complexity index is 694. The number of aromatic nitrogens is 2. The van der Waals surface area contributed by atoms with Crippen LogP contribution >= 0.6 is 11.3 Å². The van der Waals surface area contributed by atoms with Crippen LogP contribution in [0.25, 0.3) is 10.7 Å². The topological polar surface area (TPSA) is 55.3 Å². The third-order valence-corrected chi connectivity index (χ3v) is 4.76. The number of amides is 1. The molecule has 2 aromatic rings. The molecule has 0 bridgehead atoms. The van der Waals surface area contributed by atoms with Crippen LogP contribution in [0.4, 0.5) is 4.79 Å². The molecule has 24 heavy (non-hydrogen) atoms. The molecule has 0 radical (unpaired) electrons. The number of carbonyl (C=O) groups is 1. The summed E-state index contributed by atoms with van der Waals surface area (Å²) in [7, 11) is 0. The van der Waals surface area contributed by atoms with Gasteiger partial charge in [-0.2, -0.15) is 0 Å². The second kappa shape index (κ2) is 6.89. The SMILES string of the molecule is CC(C)(C)OC(=O)N1CCCC[C@@H]1c1csc(-c2ccccn2)n1. The highest BCUT2D eigenvalue weighted by Crippen LogP contribution is 2.34. The van der Waals surface area contributed by atoms with E-state index in [1.807, 2.05) is 49.3 Å². The van der Waals surface area contributed by atoms with Gasteiger partial charge in [-0.15, -0.1) is 11.3 Å². The second-order valence-electron chi connectivity index (χ2n) is 6.98. The molecule has 6 heteroatoms. The lowest BCUT2D eigenvalue weighted by atomic mass is 10.0. The van der Waals surface area contributed by atoms with E-state index in [-0.39, 0.29) is 12.1 Å². The molecule has 0 aliphatic carbocycles. The quantitative estimate of drug-likeness (QED) is 0.794. The Morgan fingerprint density at radius 3 is 2.88 bits per heavy atom. The van der Waals surface area contributed by atoms with Crippen LogP contribution in [0.15, 0.2) is 29.8 Å². The molecule has 3 heterocycles. The van der Waals surface area contributed by atoms with E-state index in [1.165, 1.54) is 0 Å². The molecule has 0 unspecified atom stereocenters. The van der Waals surface area contributed by atoms with Crippen LogP contribution < -0.4 is 0 Å². The van der Waals surface area contributed by atoms with E-state index >= 15 is 0 Å². The minimum absolute atomic E-state index is 0.0117. The number of nitrogens with zero attached hydrogens (tertiary/aromatic N) is 3. The number of thiazole rings is 1. The third kappa shape index (κ3) is 3.93. The third-order valence-electron chi connectivity index (χ3n) is 3.88. The summed E-state index contributed by atoms with van der Waals surface area (Å²) in [5, 5.41) is 2.93. The van der Waals surface area contributed by atoms with Gasteiger partial charge in [0.05, 0.1) is 17.4 Å². The van der Waals surface area contributed by atoms with Gasteiger partial charge in [-0.1, -0.05) is 6.07 Å². The van der Waals surface area contributed by atoms with Gasteiger partial charge in [0.15, 0.2) is 0 Å². The zero-order chi connectivity index (χ0) is 17.2. The normalized spacial score (nSPS) is 18.5. The van der Waals surface area contributed by atoms with Crippen molar-refractivity contribution in [3.63, 3.8) is 0 Å². The standard InChI is InChI=1S/C18H23N3O2S/c1-18(2,3)23-17(22)21-11-7-5-9-15(21)14-12-24-16(20-14)13-8-4-6-10-19-13/h4,6,8,10,12,15H,5,7,9,11H2,1-3H3/t15-/m1/s1. The highest BCUT2D eigenvalue weighted by atomic mass is 32.1. The van der Waals surface area contributed by atoms with Crippen LogP contribution in [-0.2, 0) is 4.74 Å². The average molecular weight is 345 g/mol. The first-order chi connectivity index (χ1) is 11.4. The highest BCUT2D eigenvalue weighted by Gasteiger charge is 2.32. The van der Waals surface area contributed by atoms with Gasteiger partial charge < -0.3 is 4.74 Å². The van der Waals surface area contributed by atoms with Gasteiger partial charge in [0.25, 0.3) is 0 Å². The van der Waals surface area contributed by atoms with E-state index in [9.17, 15) is 4.79 Å². The van der Waals surface area contributed by atoms with E-state index in [4.69, 9.17) is 9.72 Å². The molecule has 1 aliphatic heterocycles. The van der Waals surface area contributed by atoms with Crippen LogP contribution in [-0.4, -0.2) is 33.1 Å². The first-order valence-corrected chi connectivity index (χ1v) is 9.18. The predicted octanol–water partition coefficient (Wildman–Crippen LogP) is 4.67. The molecule has 0 spiro atoms.